The number of hydrogen-bond donors (Lipinski definition) is 0. The molecule has 0 amide bonds. The van der Waals surface area contributed by atoms with Crippen LogP contribution in [0.25, 0.3) is 55.0 Å². The Balaban J connectivity index is 1.17. The van der Waals surface area contributed by atoms with Crippen LogP contribution < -0.4 is 41.5 Å². The highest BCUT2D eigenvalue weighted by Gasteiger charge is 2.43. The van der Waals surface area contributed by atoms with E-state index in [1.807, 2.05) is 0 Å². The smallest absolute Gasteiger partial charge is 0.179 e. The molecule has 0 saturated heterocycles. The van der Waals surface area contributed by atoms with Gasteiger partial charge in [-0.3, -0.25) is 0 Å². The fraction of sp³-hybridized carbons (Fsp3) is 0. The van der Waals surface area contributed by atoms with Gasteiger partial charge in [-0.05, 0) is 90.0 Å². The van der Waals surface area contributed by atoms with E-state index < -0.39 is 16.1 Å². The summed E-state index contributed by atoms with van der Waals surface area (Å²) in [4.78, 5) is 0. The lowest BCUT2D eigenvalue weighted by atomic mass is 10.1. The summed E-state index contributed by atoms with van der Waals surface area (Å²) >= 11 is 0. The van der Waals surface area contributed by atoms with E-state index in [4.69, 9.17) is 0 Å². The largest absolute Gasteiger partial charge is 0.309 e. The summed E-state index contributed by atoms with van der Waals surface area (Å²) in [6.45, 7) is 0. The molecule has 0 unspecified atom stereocenters. The molecule has 13 rings (SSSR count). The highest BCUT2D eigenvalue weighted by molar-refractivity contribution is 7.20. The molecule has 0 radical (unpaired) electrons. The third kappa shape index (κ3) is 6.45. The Bertz CT molecular complexity index is 3500. The van der Waals surface area contributed by atoms with Gasteiger partial charge in [0.05, 0.1) is 22.1 Å². The first-order valence-electron chi connectivity index (χ1n) is 24.3. The molecule has 0 fully saturated rings. The zero-order valence-corrected chi connectivity index (χ0v) is 40.6. The van der Waals surface area contributed by atoms with Crippen LogP contribution in [-0.2, 0) is 0 Å². The number of aromatic nitrogens is 2. The molecule has 2 heterocycles. The standard InChI is InChI=1S/C66H48N2Si2/c1-9-25-49(26-10-1)67-63-43-41-57(69(51-29-13-3-14-30-51,52-31-15-4-16-32-52)53-33-17-5-18-34-53)45-59(63)61-47-62-60-46-58(42-44-64(60)68(66(62)48-65(61)67)50-27-11-2-12-28-50)70(54-35-19-6-20-36-54,55-37-21-7-22-38-55)56-39-23-8-24-40-56/h1-48H. The molecule has 0 aliphatic heterocycles. The van der Waals surface area contributed by atoms with Gasteiger partial charge >= 0.3 is 0 Å². The summed E-state index contributed by atoms with van der Waals surface area (Å²) in [6, 6.07) is 109. The zero-order chi connectivity index (χ0) is 46.5. The second kappa shape index (κ2) is 17.2. The van der Waals surface area contributed by atoms with Crippen molar-refractivity contribution in [2.24, 2.45) is 0 Å². The summed E-state index contributed by atoms with van der Waals surface area (Å²) in [7, 11) is -5.69. The normalized spacial score (nSPS) is 12.0. The molecule has 0 N–H and O–H groups in total. The van der Waals surface area contributed by atoms with E-state index in [2.05, 4.69) is 300 Å². The van der Waals surface area contributed by atoms with Crippen LogP contribution in [0.3, 0.4) is 0 Å². The maximum Gasteiger partial charge on any atom is 0.179 e. The minimum atomic E-state index is -2.85. The predicted molar refractivity (Wildman–Crippen MR) is 302 cm³/mol. The lowest BCUT2D eigenvalue weighted by Crippen LogP contribution is -2.74. The summed E-state index contributed by atoms with van der Waals surface area (Å²) in [6.07, 6.45) is 0. The molecular formula is C66H48N2Si2. The number of nitrogens with zero attached hydrogens (tertiary/aromatic N) is 2. The van der Waals surface area contributed by atoms with Crippen LogP contribution in [0.2, 0.25) is 0 Å². The molecule has 2 nitrogen and oxygen atoms in total. The van der Waals surface area contributed by atoms with Crippen molar-refractivity contribution in [1.82, 2.24) is 9.13 Å². The molecule has 4 heteroatoms. The van der Waals surface area contributed by atoms with E-state index in [0.717, 1.165) is 11.4 Å². The SMILES string of the molecule is c1ccc(-n2c3ccc([Si](c4ccccc4)(c4ccccc4)c4ccccc4)cc3c3cc4c5cc([Si](c6ccccc6)(c6ccccc6)c6ccccc6)ccc5n(-c5ccccc5)c4cc32)cc1. The topological polar surface area (TPSA) is 9.86 Å². The molecule has 0 spiro atoms. The Labute approximate surface area is 410 Å². The van der Waals surface area contributed by atoms with Gasteiger partial charge in [-0.1, -0.05) is 243 Å². The summed E-state index contributed by atoms with van der Waals surface area (Å²) in [5.41, 5.74) is 7.02. The van der Waals surface area contributed by atoms with Crippen molar-refractivity contribution in [3.8, 4) is 11.4 Å². The van der Waals surface area contributed by atoms with Gasteiger partial charge in [0.15, 0.2) is 16.1 Å². The maximum atomic E-state index is 2.56. The van der Waals surface area contributed by atoms with Gasteiger partial charge in [-0.25, -0.2) is 0 Å². The van der Waals surface area contributed by atoms with Crippen molar-refractivity contribution in [2.75, 3.05) is 0 Å². The molecule has 0 bridgehead atoms. The second-order valence-electron chi connectivity index (χ2n) is 18.4. The first kappa shape index (κ1) is 41.6. The number of benzene rings is 11. The highest BCUT2D eigenvalue weighted by atomic mass is 28.3. The van der Waals surface area contributed by atoms with Crippen LogP contribution in [0.5, 0.6) is 0 Å². The highest BCUT2D eigenvalue weighted by Crippen LogP contribution is 2.40. The van der Waals surface area contributed by atoms with Gasteiger partial charge in [-0.15, -0.1) is 0 Å². The predicted octanol–water partition coefficient (Wildman–Crippen LogP) is 10.6. The first-order valence-corrected chi connectivity index (χ1v) is 28.3. The van der Waals surface area contributed by atoms with Gasteiger partial charge < -0.3 is 9.13 Å². The van der Waals surface area contributed by atoms with Crippen molar-refractivity contribution in [2.45, 2.75) is 0 Å². The quantitative estimate of drug-likeness (QED) is 0.0956. The Morgan fingerprint density at radius 1 is 0.186 bits per heavy atom. The van der Waals surface area contributed by atoms with Crippen LogP contribution in [0.4, 0.5) is 0 Å². The molecule has 13 aromatic rings. The van der Waals surface area contributed by atoms with Gasteiger partial charge in [0.25, 0.3) is 0 Å². The number of fused-ring (bicyclic) bond motifs is 6. The average molecular weight is 925 g/mol. The third-order valence-corrected chi connectivity index (χ3v) is 24.3. The molecule has 0 atom stereocenters. The molecule has 11 aromatic carbocycles. The lowest BCUT2D eigenvalue weighted by Gasteiger charge is -2.34. The summed E-state index contributed by atoms with van der Waals surface area (Å²) in [5, 5.41) is 15.9. The van der Waals surface area contributed by atoms with Crippen molar-refractivity contribution in [3.05, 3.63) is 291 Å². The van der Waals surface area contributed by atoms with Gasteiger partial charge in [-0.2, -0.15) is 0 Å². The monoisotopic (exact) mass is 924 g/mol. The van der Waals surface area contributed by atoms with E-state index >= 15 is 0 Å². The molecule has 70 heavy (non-hydrogen) atoms. The number of hydrogen-bond acceptors (Lipinski definition) is 0. The summed E-state index contributed by atoms with van der Waals surface area (Å²) in [5.74, 6) is 0. The molecular weight excluding hydrogens is 877 g/mol. The molecule has 0 aliphatic carbocycles. The van der Waals surface area contributed by atoms with Gasteiger partial charge in [0, 0.05) is 32.9 Å². The van der Waals surface area contributed by atoms with E-state index in [1.165, 1.54) is 85.1 Å². The van der Waals surface area contributed by atoms with Crippen molar-refractivity contribution in [1.29, 1.82) is 0 Å². The van der Waals surface area contributed by atoms with E-state index in [-0.39, 0.29) is 0 Å². The van der Waals surface area contributed by atoms with Crippen molar-refractivity contribution < 1.29 is 0 Å². The molecule has 0 saturated carbocycles. The second-order valence-corrected chi connectivity index (χ2v) is 26.0. The van der Waals surface area contributed by atoms with Crippen LogP contribution in [0.15, 0.2) is 291 Å². The Morgan fingerprint density at radius 2 is 0.429 bits per heavy atom. The maximum absolute atomic E-state index is 2.85. The van der Waals surface area contributed by atoms with Crippen molar-refractivity contribution >= 4 is 101 Å². The Hall–Kier alpha value is -8.55. The van der Waals surface area contributed by atoms with Crippen molar-refractivity contribution in [3.63, 3.8) is 0 Å². The minimum absolute atomic E-state index is 1.14. The van der Waals surface area contributed by atoms with Gasteiger partial charge in [0.2, 0.25) is 0 Å². The zero-order valence-electron chi connectivity index (χ0n) is 38.6. The number of rotatable bonds is 10. The third-order valence-electron chi connectivity index (χ3n) is 14.8. The van der Waals surface area contributed by atoms with Crippen LogP contribution in [-0.4, -0.2) is 25.3 Å². The Morgan fingerprint density at radius 3 is 0.700 bits per heavy atom. The Kier molecular flexibility index (Phi) is 10.2. The minimum Gasteiger partial charge on any atom is -0.309 e. The molecule has 330 valence electrons. The molecule has 2 aromatic heterocycles. The number of para-hydroxylation sites is 2. The van der Waals surface area contributed by atoms with Gasteiger partial charge in [0.1, 0.15) is 0 Å². The first-order chi connectivity index (χ1) is 34.7. The van der Waals surface area contributed by atoms with Crippen LogP contribution >= 0.6 is 0 Å². The van der Waals surface area contributed by atoms with E-state index in [9.17, 15) is 0 Å². The van der Waals surface area contributed by atoms with E-state index in [1.54, 1.807) is 0 Å². The fourth-order valence-electron chi connectivity index (χ4n) is 11.8. The summed E-state index contributed by atoms with van der Waals surface area (Å²) < 4.78 is 4.97. The van der Waals surface area contributed by atoms with Crippen LogP contribution in [0, 0.1) is 0 Å². The fourth-order valence-corrected chi connectivity index (χ4v) is 21.4. The lowest BCUT2D eigenvalue weighted by molar-refractivity contribution is 1.16. The van der Waals surface area contributed by atoms with E-state index in [0.29, 0.717) is 0 Å². The van der Waals surface area contributed by atoms with Crippen LogP contribution in [0.1, 0.15) is 0 Å². The molecule has 0 aliphatic rings. The average Bonchev–Trinajstić information content (AvgIpc) is 3.94.